The lowest BCUT2D eigenvalue weighted by molar-refractivity contribution is -0.127. The Hall–Kier alpha value is -2.19. The molecule has 1 aliphatic carbocycles. The molecule has 1 aromatic carbocycles. The molecule has 2 fully saturated rings. The third-order valence-corrected chi connectivity index (χ3v) is 7.65. The standard InChI is InChI=1S/C18H22N4O3S/c23-17(20-15-5-2-1-3-6-15)18(22-12-4-11-19-22)9-13-21(14-10-18)26(24,25)16-7-8-16/h1-6,11-12,16H,7-10,13-14H2,(H,20,23). The van der Waals surface area contributed by atoms with Crippen LogP contribution in [0.5, 0.6) is 0 Å². The smallest absolute Gasteiger partial charge is 0.252 e. The highest BCUT2D eigenvalue weighted by molar-refractivity contribution is 7.90. The van der Waals surface area contributed by atoms with Crippen molar-refractivity contribution in [1.29, 1.82) is 0 Å². The predicted molar refractivity (Wildman–Crippen MR) is 98.0 cm³/mol. The number of rotatable bonds is 5. The Bertz CT molecular complexity index is 868. The molecular weight excluding hydrogens is 352 g/mol. The molecule has 0 bridgehead atoms. The number of anilines is 1. The minimum Gasteiger partial charge on any atom is -0.324 e. The molecule has 1 aromatic heterocycles. The number of para-hydroxylation sites is 1. The van der Waals surface area contributed by atoms with E-state index in [2.05, 4.69) is 10.4 Å². The van der Waals surface area contributed by atoms with Crippen LogP contribution in [0.25, 0.3) is 0 Å². The molecule has 1 aliphatic heterocycles. The summed E-state index contributed by atoms with van der Waals surface area (Å²) in [6.07, 6.45) is 5.72. The highest BCUT2D eigenvalue weighted by atomic mass is 32.2. The molecular formula is C18H22N4O3S. The van der Waals surface area contributed by atoms with E-state index in [4.69, 9.17) is 0 Å². The van der Waals surface area contributed by atoms with Crippen LogP contribution < -0.4 is 5.32 Å². The number of carbonyl (C=O) groups excluding carboxylic acids is 1. The number of carbonyl (C=O) groups is 1. The van der Waals surface area contributed by atoms with Crippen molar-refractivity contribution in [3.8, 4) is 0 Å². The van der Waals surface area contributed by atoms with Crippen molar-refractivity contribution < 1.29 is 13.2 Å². The van der Waals surface area contributed by atoms with Crippen molar-refractivity contribution in [2.45, 2.75) is 36.5 Å². The number of sulfonamides is 1. The van der Waals surface area contributed by atoms with E-state index in [-0.39, 0.29) is 11.2 Å². The number of aromatic nitrogens is 2. The summed E-state index contributed by atoms with van der Waals surface area (Å²) in [4.78, 5) is 13.2. The maximum Gasteiger partial charge on any atom is 0.252 e. The van der Waals surface area contributed by atoms with E-state index in [0.717, 1.165) is 18.5 Å². The van der Waals surface area contributed by atoms with Crippen LogP contribution in [-0.2, 0) is 20.4 Å². The molecule has 26 heavy (non-hydrogen) atoms. The summed E-state index contributed by atoms with van der Waals surface area (Å²) in [5.41, 5.74) is -0.161. The van der Waals surface area contributed by atoms with Gasteiger partial charge in [-0.3, -0.25) is 9.48 Å². The van der Waals surface area contributed by atoms with Crippen LogP contribution in [0.2, 0.25) is 0 Å². The van der Waals surface area contributed by atoms with Crippen molar-refractivity contribution in [2.75, 3.05) is 18.4 Å². The van der Waals surface area contributed by atoms with Crippen LogP contribution in [0.4, 0.5) is 5.69 Å². The van der Waals surface area contributed by atoms with Gasteiger partial charge >= 0.3 is 0 Å². The first-order valence-corrected chi connectivity index (χ1v) is 10.4. The second kappa shape index (κ2) is 6.51. The van der Waals surface area contributed by atoms with Crippen molar-refractivity contribution in [1.82, 2.24) is 14.1 Å². The van der Waals surface area contributed by atoms with E-state index in [9.17, 15) is 13.2 Å². The van der Waals surface area contributed by atoms with Gasteiger partial charge in [0.05, 0.1) is 5.25 Å². The summed E-state index contributed by atoms with van der Waals surface area (Å²) in [7, 11) is -3.22. The van der Waals surface area contributed by atoms with Crippen molar-refractivity contribution >= 4 is 21.6 Å². The highest BCUT2D eigenvalue weighted by Crippen LogP contribution is 2.37. The molecule has 0 atom stereocenters. The Morgan fingerprint density at radius 1 is 1.12 bits per heavy atom. The van der Waals surface area contributed by atoms with Crippen LogP contribution in [-0.4, -0.2) is 46.8 Å². The molecule has 7 nitrogen and oxygen atoms in total. The Morgan fingerprint density at radius 3 is 2.38 bits per heavy atom. The van der Waals surface area contributed by atoms with Gasteiger partial charge in [-0.2, -0.15) is 5.10 Å². The van der Waals surface area contributed by atoms with Gasteiger partial charge in [-0.05, 0) is 43.9 Å². The molecule has 4 rings (SSSR count). The lowest BCUT2D eigenvalue weighted by Crippen LogP contribution is -2.54. The fraction of sp³-hybridized carbons (Fsp3) is 0.444. The molecule has 1 saturated carbocycles. The van der Waals surface area contributed by atoms with Gasteiger partial charge in [0.2, 0.25) is 10.0 Å². The molecule has 2 heterocycles. The molecule has 8 heteroatoms. The molecule has 0 unspecified atom stereocenters. The average molecular weight is 374 g/mol. The minimum atomic E-state index is -3.22. The zero-order valence-corrected chi connectivity index (χ0v) is 15.2. The molecule has 2 aromatic rings. The first-order valence-electron chi connectivity index (χ1n) is 8.88. The SMILES string of the molecule is O=C(Nc1ccccc1)C1(n2cccn2)CCN(S(=O)(=O)C2CC2)CC1. The molecule has 0 radical (unpaired) electrons. The first-order chi connectivity index (χ1) is 12.5. The monoisotopic (exact) mass is 374 g/mol. The summed E-state index contributed by atoms with van der Waals surface area (Å²) in [6, 6.07) is 11.1. The van der Waals surface area contributed by atoms with Gasteiger partial charge in [0.15, 0.2) is 0 Å². The lowest BCUT2D eigenvalue weighted by Gasteiger charge is -2.40. The molecule has 1 N–H and O–H groups in total. The number of piperidine rings is 1. The molecule has 1 amide bonds. The summed E-state index contributed by atoms with van der Waals surface area (Å²) in [5, 5.41) is 7.03. The molecule has 0 spiro atoms. The van der Waals surface area contributed by atoms with E-state index >= 15 is 0 Å². The summed E-state index contributed by atoms with van der Waals surface area (Å²) < 4.78 is 28.2. The van der Waals surface area contributed by atoms with Crippen LogP contribution in [0.15, 0.2) is 48.8 Å². The van der Waals surface area contributed by atoms with E-state index < -0.39 is 15.6 Å². The fourth-order valence-electron chi connectivity index (χ4n) is 3.54. The van der Waals surface area contributed by atoms with Crippen molar-refractivity contribution in [2.24, 2.45) is 0 Å². The topological polar surface area (TPSA) is 84.3 Å². The lowest BCUT2D eigenvalue weighted by atomic mass is 9.87. The van der Waals surface area contributed by atoms with Crippen LogP contribution in [0, 0.1) is 0 Å². The largest absolute Gasteiger partial charge is 0.324 e. The van der Waals surface area contributed by atoms with Crippen LogP contribution in [0.3, 0.4) is 0 Å². The van der Waals surface area contributed by atoms with Gasteiger partial charge in [0.1, 0.15) is 5.54 Å². The Labute approximate surface area is 153 Å². The average Bonchev–Trinajstić information content (AvgIpc) is 3.38. The zero-order chi connectivity index (χ0) is 18.2. The fourth-order valence-corrected chi connectivity index (χ4v) is 5.38. The quantitative estimate of drug-likeness (QED) is 0.865. The second-order valence-corrected chi connectivity index (χ2v) is 9.16. The van der Waals surface area contributed by atoms with Crippen LogP contribution >= 0.6 is 0 Å². The highest BCUT2D eigenvalue weighted by Gasteiger charge is 2.48. The van der Waals surface area contributed by atoms with E-state index in [0.29, 0.717) is 25.9 Å². The Kier molecular flexibility index (Phi) is 4.32. The summed E-state index contributed by atoms with van der Waals surface area (Å²) in [6.45, 7) is 0.668. The number of amides is 1. The normalized spacial score (nSPS) is 20.6. The van der Waals surface area contributed by atoms with Gasteiger partial charge in [-0.25, -0.2) is 12.7 Å². The first kappa shape index (κ1) is 17.2. The number of nitrogens with zero attached hydrogens (tertiary/aromatic N) is 3. The zero-order valence-electron chi connectivity index (χ0n) is 14.4. The number of hydrogen-bond acceptors (Lipinski definition) is 4. The summed E-state index contributed by atoms with van der Waals surface area (Å²) >= 11 is 0. The summed E-state index contributed by atoms with van der Waals surface area (Å²) in [5.74, 6) is -0.157. The molecule has 1 saturated heterocycles. The number of hydrogen-bond donors (Lipinski definition) is 1. The third-order valence-electron chi connectivity index (χ3n) is 5.25. The third kappa shape index (κ3) is 3.03. The van der Waals surface area contributed by atoms with Gasteiger partial charge in [0.25, 0.3) is 5.91 Å². The number of benzene rings is 1. The second-order valence-electron chi connectivity index (χ2n) is 6.95. The van der Waals surface area contributed by atoms with Gasteiger partial charge in [0, 0.05) is 31.2 Å². The van der Waals surface area contributed by atoms with Gasteiger partial charge < -0.3 is 5.32 Å². The minimum absolute atomic E-state index is 0.157. The number of nitrogens with one attached hydrogen (secondary N) is 1. The Balaban J connectivity index is 1.57. The molecule has 2 aliphatic rings. The van der Waals surface area contributed by atoms with Gasteiger partial charge in [-0.15, -0.1) is 0 Å². The maximum atomic E-state index is 13.2. The van der Waals surface area contributed by atoms with Crippen molar-refractivity contribution in [3.63, 3.8) is 0 Å². The Morgan fingerprint density at radius 2 is 1.81 bits per heavy atom. The van der Waals surface area contributed by atoms with E-state index in [1.807, 2.05) is 30.3 Å². The van der Waals surface area contributed by atoms with E-state index in [1.54, 1.807) is 27.4 Å². The van der Waals surface area contributed by atoms with Gasteiger partial charge in [-0.1, -0.05) is 18.2 Å². The van der Waals surface area contributed by atoms with E-state index in [1.165, 1.54) is 0 Å². The predicted octanol–water partition coefficient (Wildman–Crippen LogP) is 1.81. The molecule has 138 valence electrons. The van der Waals surface area contributed by atoms with Crippen molar-refractivity contribution in [3.05, 3.63) is 48.8 Å². The van der Waals surface area contributed by atoms with Crippen LogP contribution in [0.1, 0.15) is 25.7 Å². The maximum absolute atomic E-state index is 13.2.